The van der Waals surface area contributed by atoms with Crippen molar-refractivity contribution in [1.29, 1.82) is 0 Å². The number of benzene rings is 1. The smallest absolute Gasteiger partial charge is 0.128 e. The maximum absolute atomic E-state index is 13.8. The van der Waals surface area contributed by atoms with Crippen molar-refractivity contribution in [3.63, 3.8) is 0 Å². The molecule has 2 rings (SSSR count). The van der Waals surface area contributed by atoms with E-state index in [1.54, 1.807) is 13.2 Å². The highest BCUT2D eigenvalue weighted by atomic mass is 19.1. The lowest BCUT2D eigenvalue weighted by atomic mass is 10.1. The maximum Gasteiger partial charge on any atom is 0.128 e. The van der Waals surface area contributed by atoms with E-state index >= 15 is 0 Å². The van der Waals surface area contributed by atoms with Gasteiger partial charge in [-0.2, -0.15) is 0 Å². The summed E-state index contributed by atoms with van der Waals surface area (Å²) in [5.41, 5.74) is 7.24. The molecule has 0 bridgehead atoms. The van der Waals surface area contributed by atoms with Crippen LogP contribution in [0.2, 0.25) is 0 Å². The number of methoxy groups -OCH3 is 1. The summed E-state index contributed by atoms with van der Waals surface area (Å²) in [6, 6.07) is 5.22. The topological polar surface area (TPSA) is 38.5 Å². The molecule has 1 aliphatic rings. The minimum atomic E-state index is -0.159. The molecule has 0 aromatic heterocycles. The molecule has 3 nitrogen and oxygen atoms in total. The van der Waals surface area contributed by atoms with Gasteiger partial charge in [-0.1, -0.05) is 6.07 Å². The molecule has 0 amide bonds. The highest BCUT2D eigenvalue weighted by Crippen LogP contribution is 2.27. The van der Waals surface area contributed by atoms with Crippen LogP contribution in [0.3, 0.4) is 0 Å². The van der Waals surface area contributed by atoms with Gasteiger partial charge in [0.25, 0.3) is 0 Å². The molecule has 1 saturated heterocycles. The van der Waals surface area contributed by atoms with Crippen molar-refractivity contribution in [3.8, 4) is 0 Å². The highest BCUT2D eigenvalue weighted by Gasteiger charge is 2.24. The standard InChI is InChI=1S/C13H19FN2O/c1-17-10-6-8-16(9-10)13-4-2-3-12(14)11(13)5-7-15/h2-4,10H,5-9,15H2,1H3. The van der Waals surface area contributed by atoms with Crippen LogP contribution in [0.25, 0.3) is 0 Å². The Morgan fingerprint density at radius 2 is 2.35 bits per heavy atom. The Hall–Kier alpha value is -1.13. The number of rotatable bonds is 4. The van der Waals surface area contributed by atoms with Crippen molar-refractivity contribution in [2.45, 2.75) is 18.9 Å². The number of anilines is 1. The molecular formula is C13H19FN2O. The molecule has 0 spiro atoms. The molecule has 17 heavy (non-hydrogen) atoms. The first-order valence-corrected chi connectivity index (χ1v) is 6.01. The molecule has 4 heteroatoms. The fraction of sp³-hybridized carbons (Fsp3) is 0.538. The summed E-state index contributed by atoms with van der Waals surface area (Å²) >= 11 is 0. The van der Waals surface area contributed by atoms with Gasteiger partial charge < -0.3 is 15.4 Å². The van der Waals surface area contributed by atoms with Crippen molar-refractivity contribution < 1.29 is 9.13 Å². The van der Waals surface area contributed by atoms with E-state index in [0.29, 0.717) is 13.0 Å². The first-order chi connectivity index (χ1) is 8.26. The van der Waals surface area contributed by atoms with Gasteiger partial charge in [0.15, 0.2) is 0 Å². The largest absolute Gasteiger partial charge is 0.380 e. The Morgan fingerprint density at radius 1 is 1.53 bits per heavy atom. The van der Waals surface area contributed by atoms with Crippen molar-refractivity contribution in [2.24, 2.45) is 5.73 Å². The van der Waals surface area contributed by atoms with Crippen LogP contribution >= 0.6 is 0 Å². The van der Waals surface area contributed by atoms with Gasteiger partial charge in [0, 0.05) is 31.5 Å². The van der Waals surface area contributed by atoms with E-state index < -0.39 is 0 Å². The zero-order valence-electron chi connectivity index (χ0n) is 10.2. The Kier molecular flexibility index (Phi) is 3.97. The summed E-state index contributed by atoms with van der Waals surface area (Å²) in [6.45, 7) is 2.21. The van der Waals surface area contributed by atoms with Gasteiger partial charge in [0.1, 0.15) is 5.82 Å². The second-order valence-corrected chi connectivity index (χ2v) is 4.37. The third kappa shape index (κ3) is 2.58. The second-order valence-electron chi connectivity index (χ2n) is 4.37. The maximum atomic E-state index is 13.8. The molecule has 2 N–H and O–H groups in total. The van der Waals surface area contributed by atoms with Crippen molar-refractivity contribution in [3.05, 3.63) is 29.6 Å². The molecular weight excluding hydrogens is 219 g/mol. The van der Waals surface area contributed by atoms with Gasteiger partial charge in [-0.05, 0) is 31.5 Å². The Morgan fingerprint density at radius 3 is 3.00 bits per heavy atom. The number of halogens is 1. The molecule has 1 fully saturated rings. The number of ether oxygens (including phenoxy) is 1. The average Bonchev–Trinajstić information content (AvgIpc) is 2.80. The molecule has 94 valence electrons. The number of nitrogens with two attached hydrogens (primary N) is 1. The van der Waals surface area contributed by atoms with Crippen molar-refractivity contribution in [1.82, 2.24) is 0 Å². The van der Waals surface area contributed by atoms with Crippen LogP contribution in [0.1, 0.15) is 12.0 Å². The lowest BCUT2D eigenvalue weighted by Gasteiger charge is -2.22. The average molecular weight is 238 g/mol. The molecule has 1 atom stereocenters. The van der Waals surface area contributed by atoms with Crippen LogP contribution < -0.4 is 10.6 Å². The van der Waals surface area contributed by atoms with Crippen molar-refractivity contribution >= 4 is 5.69 Å². The van der Waals surface area contributed by atoms with Crippen molar-refractivity contribution in [2.75, 3.05) is 31.6 Å². The lowest BCUT2D eigenvalue weighted by Crippen LogP contribution is -2.24. The van der Waals surface area contributed by atoms with Crippen LogP contribution in [0.4, 0.5) is 10.1 Å². The summed E-state index contributed by atoms with van der Waals surface area (Å²) in [6.07, 6.45) is 1.83. The first kappa shape index (κ1) is 12.3. The molecule has 1 heterocycles. The predicted molar refractivity (Wildman–Crippen MR) is 66.8 cm³/mol. The van der Waals surface area contributed by atoms with Crippen LogP contribution in [0.5, 0.6) is 0 Å². The van der Waals surface area contributed by atoms with Crippen LogP contribution in [-0.2, 0) is 11.2 Å². The first-order valence-electron chi connectivity index (χ1n) is 6.01. The Balaban J connectivity index is 2.23. The van der Waals surface area contributed by atoms with Crippen LogP contribution in [0.15, 0.2) is 18.2 Å². The van der Waals surface area contributed by atoms with Gasteiger partial charge in [-0.15, -0.1) is 0 Å². The van der Waals surface area contributed by atoms with E-state index in [1.807, 2.05) is 6.07 Å². The summed E-state index contributed by atoms with van der Waals surface area (Å²) < 4.78 is 19.1. The monoisotopic (exact) mass is 238 g/mol. The molecule has 0 radical (unpaired) electrons. The second kappa shape index (κ2) is 5.47. The number of hydrogen-bond donors (Lipinski definition) is 1. The van der Waals surface area contributed by atoms with Gasteiger partial charge >= 0.3 is 0 Å². The molecule has 0 aliphatic carbocycles. The van der Waals surface area contributed by atoms with Crippen LogP contribution in [0, 0.1) is 5.82 Å². The zero-order valence-corrected chi connectivity index (χ0v) is 10.2. The fourth-order valence-electron chi connectivity index (χ4n) is 2.37. The van der Waals surface area contributed by atoms with Gasteiger partial charge in [-0.25, -0.2) is 4.39 Å². The minimum absolute atomic E-state index is 0.159. The van der Waals surface area contributed by atoms with E-state index in [9.17, 15) is 4.39 Å². The van der Waals surface area contributed by atoms with E-state index in [0.717, 1.165) is 30.8 Å². The highest BCUT2D eigenvalue weighted by molar-refractivity contribution is 5.55. The lowest BCUT2D eigenvalue weighted by molar-refractivity contribution is 0.121. The van der Waals surface area contributed by atoms with E-state index in [1.165, 1.54) is 6.07 Å². The molecule has 0 saturated carbocycles. The van der Waals surface area contributed by atoms with Gasteiger partial charge in [-0.3, -0.25) is 0 Å². The predicted octanol–water partition coefficient (Wildman–Crippen LogP) is 1.55. The van der Waals surface area contributed by atoms with Gasteiger partial charge in [0.05, 0.1) is 6.10 Å². The normalized spacial score (nSPS) is 19.9. The SMILES string of the molecule is COC1CCN(c2cccc(F)c2CCN)C1. The fourth-order valence-corrected chi connectivity index (χ4v) is 2.37. The third-order valence-electron chi connectivity index (χ3n) is 3.31. The minimum Gasteiger partial charge on any atom is -0.380 e. The van der Waals surface area contributed by atoms with E-state index in [2.05, 4.69) is 4.90 Å². The summed E-state index contributed by atoms with van der Waals surface area (Å²) in [5.74, 6) is -0.159. The Labute approximate surface area is 101 Å². The summed E-state index contributed by atoms with van der Waals surface area (Å²) in [4.78, 5) is 2.18. The summed E-state index contributed by atoms with van der Waals surface area (Å²) in [5, 5.41) is 0. The van der Waals surface area contributed by atoms with E-state index in [-0.39, 0.29) is 11.9 Å². The van der Waals surface area contributed by atoms with Gasteiger partial charge in [0.2, 0.25) is 0 Å². The molecule has 1 unspecified atom stereocenters. The quantitative estimate of drug-likeness (QED) is 0.865. The molecule has 1 aliphatic heterocycles. The van der Waals surface area contributed by atoms with E-state index in [4.69, 9.17) is 10.5 Å². The molecule has 1 aromatic carbocycles. The molecule has 1 aromatic rings. The number of nitrogens with zero attached hydrogens (tertiary/aromatic N) is 1. The summed E-state index contributed by atoms with van der Waals surface area (Å²) in [7, 11) is 1.72. The zero-order chi connectivity index (χ0) is 12.3. The Bertz CT molecular complexity index is 384. The number of hydrogen-bond acceptors (Lipinski definition) is 3. The third-order valence-corrected chi connectivity index (χ3v) is 3.31. The van der Waals surface area contributed by atoms with Crippen LogP contribution in [-0.4, -0.2) is 32.8 Å².